The zero-order valence-corrected chi connectivity index (χ0v) is 13.0. The summed E-state index contributed by atoms with van der Waals surface area (Å²) in [7, 11) is 0. The van der Waals surface area contributed by atoms with Crippen molar-refractivity contribution in [1.29, 1.82) is 0 Å². The summed E-state index contributed by atoms with van der Waals surface area (Å²) in [6, 6.07) is 10.7. The Kier molecular flexibility index (Phi) is 4.29. The Morgan fingerprint density at radius 3 is 2.62 bits per heavy atom. The molecule has 2 fully saturated rings. The zero-order chi connectivity index (χ0) is 14.7. The van der Waals surface area contributed by atoms with Crippen LogP contribution in [0, 0.1) is 11.3 Å². The first-order chi connectivity index (χ1) is 10.2. The van der Waals surface area contributed by atoms with Crippen LogP contribution in [0.2, 0.25) is 0 Å². The normalized spacial score (nSPS) is 27.0. The smallest absolute Gasteiger partial charge is 0.229 e. The highest BCUT2D eigenvalue weighted by atomic mass is 16.2. The number of rotatable bonds is 3. The van der Waals surface area contributed by atoms with Crippen LogP contribution in [0.1, 0.15) is 31.7 Å². The molecule has 0 aliphatic carbocycles. The predicted octanol–water partition coefficient (Wildman–Crippen LogP) is 2.47. The highest BCUT2D eigenvalue weighted by Crippen LogP contribution is 2.30. The van der Waals surface area contributed by atoms with Crippen LogP contribution in [0.5, 0.6) is 0 Å². The summed E-state index contributed by atoms with van der Waals surface area (Å²) in [5, 5.41) is 3.33. The number of piperidine rings is 1. The molecule has 2 aliphatic rings. The van der Waals surface area contributed by atoms with Gasteiger partial charge in [-0.3, -0.25) is 4.79 Å². The Labute approximate surface area is 127 Å². The molecule has 1 aromatic carbocycles. The second kappa shape index (κ2) is 6.18. The fraction of sp³-hybridized carbons (Fsp3) is 0.611. The van der Waals surface area contributed by atoms with Crippen molar-refractivity contribution in [3.05, 3.63) is 35.9 Å². The third-order valence-electron chi connectivity index (χ3n) is 5.15. The summed E-state index contributed by atoms with van der Waals surface area (Å²) in [6.07, 6.45) is 4.42. The Hall–Kier alpha value is -1.35. The molecule has 0 aromatic heterocycles. The monoisotopic (exact) mass is 286 g/mol. The van der Waals surface area contributed by atoms with E-state index in [9.17, 15) is 4.79 Å². The molecule has 1 N–H and O–H groups in total. The third kappa shape index (κ3) is 3.29. The molecule has 2 saturated heterocycles. The van der Waals surface area contributed by atoms with Gasteiger partial charge in [0.25, 0.3) is 0 Å². The lowest BCUT2D eigenvalue weighted by Crippen LogP contribution is -2.47. The largest absolute Gasteiger partial charge is 0.342 e. The first-order valence-electron chi connectivity index (χ1n) is 8.21. The first-order valence-corrected chi connectivity index (χ1v) is 8.21. The highest BCUT2D eigenvalue weighted by molar-refractivity contribution is 5.83. The number of carbonyl (C=O) groups is 1. The van der Waals surface area contributed by atoms with Crippen molar-refractivity contribution in [2.45, 2.75) is 32.6 Å². The lowest BCUT2D eigenvalue weighted by Gasteiger charge is -2.36. The second-order valence-electron chi connectivity index (χ2n) is 6.91. The Balaban J connectivity index is 1.52. The quantitative estimate of drug-likeness (QED) is 0.926. The summed E-state index contributed by atoms with van der Waals surface area (Å²) >= 11 is 0. The van der Waals surface area contributed by atoms with E-state index >= 15 is 0 Å². The molecule has 1 aromatic rings. The topological polar surface area (TPSA) is 32.3 Å². The number of carbonyl (C=O) groups excluding carboxylic acids is 1. The number of benzene rings is 1. The molecular weight excluding hydrogens is 260 g/mol. The second-order valence-corrected chi connectivity index (χ2v) is 6.91. The van der Waals surface area contributed by atoms with Crippen LogP contribution in [0.25, 0.3) is 0 Å². The summed E-state index contributed by atoms with van der Waals surface area (Å²) < 4.78 is 0. The summed E-state index contributed by atoms with van der Waals surface area (Å²) in [6.45, 7) is 5.81. The molecule has 114 valence electrons. The van der Waals surface area contributed by atoms with Crippen LogP contribution in [-0.2, 0) is 11.2 Å². The van der Waals surface area contributed by atoms with Crippen molar-refractivity contribution in [2.75, 3.05) is 26.2 Å². The minimum absolute atomic E-state index is 0.160. The first kappa shape index (κ1) is 14.6. The number of amides is 1. The van der Waals surface area contributed by atoms with Crippen molar-refractivity contribution >= 4 is 5.91 Å². The molecular formula is C18H26N2O. The maximum atomic E-state index is 12.7. The lowest BCUT2D eigenvalue weighted by molar-refractivity contribution is -0.141. The van der Waals surface area contributed by atoms with E-state index in [0.29, 0.717) is 5.91 Å². The average molecular weight is 286 g/mol. The third-order valence-corrected chi connectivity index (χ3v) is 5.15. The van der Waals surface area contributed by atoms with Gasteiger partial charge < -0.3 is 10.2 Å². The predicted molar refractivity (Wildman–Crippen MR) is 85.0 cm³/mol. The average Bonchev–Trinajstić information content (AvgIpc) is 2.96. The number of hydrogen-bond acceptors (Lipinski definition) is 2. The van der Waals surface area contributed by atoms with Gasteiger partial charge in [-0.05, 0) is 50.6 Å². The molecule has 0 radical (unpaired) electrons. The molecule has 3 nitrogen and oxygen atoms in total. The Morgan fingerprint density at radius 1 is 1.29 bits per heavy atom. The number of nitrogens with one attached hydrogen (secondary N) is 1. The molecule has 0 saturated carbocycles. The number of nitrogens with zero attached hydrogens (tertiary/aromatic N) is 1. The molecule has 2 aliphatic heterocycles. The molecule has 3 heteroatoms. The van der Waals surface area contributed by atoms with Gasteiger partial charge >= 0.3 is 0 Å². The van der Waals surface area contributed by atoms with Crippen molar-refractivity contribution in [2.24, 2.45) is 11.3 Å². The molecule has 2 heterocycles. The SMILES string of the molecule is CC1(C(=O)N2CCC(Cc3ccccc3)CC2)CCNC1. The standard InChI is InChI=1S/C18H26N2O/c1-18(9-10-19-14-18)17(21)20-11-7-16(8-12-20)13-15-5-3-2-4-6-15/h2-6,16,19H,7-14H2,1H3. The van der Waals surface area contributed by atoms with Gasteiger partial charge in [0.1, 0.15) is 0 Å². The Morgan fingerprint density at radius 2 is 2.00 bits per heavy atom. The van der Waals surface area contributed by atoms with Crippen molar-refractivity contribution in [3.63, 3.8) is 0 Å². The van der Waals surface area contributed by atoms with Crippen LogP contribution in [0.4, 0.5) is 0 Å². The summed E-state index contributed by atoms with van der Waals surface area (Å²) in [5.41, 5.74) is 1.26. The maximum absolute atomic E-state index is 12.7. The molecule has 3 rings (SSSR count). The number of hydrogen-bond donors (Lipinski definition) is 1. The van der Waals surface area contributed by atoms with Crippen molar-refractivity contribution in [3.8, 4) is 0 Å². The van der Waals surface area contributed by atoms with Crippen LogP contribution < -0.4 is 5.32 Å². The van der Waals surface area contributed by atoms with Crippen molar-refractivity contribution < 1.29 is 4.79 Å². The number of likely N-dealkylation sites (tertiary alicyclic amines) is 1. The van der Waals surface area contributed by atoms with Crippen LogP contribution in [0.15, 0.2) is 30.3 Å². The van der Waals surface area contributed by atoms with E-state index < -0.39 is 0 Å². The van der Waals surface area contributed by atoms with E-state index in [0.717, 1.165) is 57.8 Å². The van der Waals surface area contributed by atoms with Crippen LogP contribution in [0.3, 0.4) is 0 Å². The van der Waals surface area contributed by atoms with Crippen LogP contribution >= 0.6 is 0 Å². The van der Waals surface area contributed by atoms with Gasteiger partial charge in [-0.15, -0.1) is 0 Å². The van der Waals surface area contributed by atoms with Gasteiger partial charge in [-0.1, -0.05) is 30.3 Å². The molecule has 0 bridgehead atoms. The van der Waals surface area contributed by atoms with Gasteiger partial charge in [-0.25, -0.2) is 0 Å². The van der Waals surface area contributed by atoms with Crippen molar-refractivity contribution in [1.82, 2.24) is 10.2 Å². The van der Waals surface area contributed by atoms with Gasteiger partial charge in [0, 0.05) is 19.6 Å². The fourth-order valence-corrected chi connectivity index (χ4v) is 3.67. The van der Waals surface area contributed by atoms with E-state index in [-0.39, 0.29) is 5.41 Å². The van der Waals surface area contributed by atoms with E-state index in [4.69, 9.17) is 0 Å². The fourth-order valence-electron chi connectivity index (χ4n) is 3.67. The Bertz CT molecular complexity index is 471. The van der Waals surface area contributed by atoms with Gasteiger partial charge in [-0.2, -0.15) is 0 Å². The molecule has 1 atom stereocenters. The molecule has 1 unspecified atom stereocenters. The van der Waals surface area contributed by atoms with Gasteiger partial charge in [0.2, 0.25) is 5.91 Å². The zero-order valence-electron chi connectivity index (χ0n) is 13.0. The van der Waals surface area contributed by atoms with E-state index in [2.05, 4.69) is 47.5 Å². The summed E-state index contributed by atoms with van der Waals surface area (Å²) in [4.78, 5) is 14.8. The minimum Gasteiger partial charge on any atom is -0.342 e. The van der Waals surface area contributed by atoms with E-state index in [1.807, 2.05) is 0 Å². The molecule has 0 spiro atoms. The van der Waals surface area contributed by atoms with Gasteiger partial charge in [0.15, 0.2) is 0 Å². The molecule has 21 heavy (non-hydrogen) atoms. The van der Waals surface area contributed by atoms with E-state index in [1.54, 1.807) is 0 Å². The highest BCUT2D eigenvalue weighted by Gasteiger charge is 2.39. The summed E-state index contributed by atoms with van der Waals surface area (Å²) in [5.74, 6) is 1.09. The molecule has 1 amide bonds. The maximum Gasteiger partial charge on any atom is 0.229 e. The minimum atomic E-state index is -0.160. The van der Waals surface area contributed by atoms with Gasteiger partial charge in [0.05, 0.1) is 5.41 Å². The van der Waals surface area contributed by atoms with Crippen LogP contribution in [-0.4, -0.2) is 37.0 Å². The van der Waals surface area contributed by atoms with E-state index in [1.165, 1.54) is 5.56 Å². The lowest BCUT2D eigenvalue weighted by atomic mass is 9.85.